The van der Waals surface area contributed by atoms with Crippen molar-refractivity contribution in [2.24, 2.45) is 0 Å². The Bertz CT molecular complexity index is 875. The summed E-state index contributed by atoms with van der Waals surface area (Å²) in [6.45, 7) is 4.71. The van der Waals surface area contributed by atoms with Gasteiger partial charge in [-0.25, -0.2) is 4.98 Å². The van der Waals surface area contributed by atoms with Gasteiger partial charge in [-0.15, -0.1) is 21.5 Å². The van der Waals surface area contributed by atoms with E-state index in [1.807, 2.05) is 48.1 Å². The van der Waals surface area contributed by atoms with Crippen LogP contribution in [0.1, 0.15) is 12.7 Å². The van der Waals surface area contributed by atoms with Gasteiger partial charge in [-0.05, 0) is 26.0 Å². The highest BCUT2D eigenvalue weighted by Crippen LogP contribution is 2.26. The third kappa shape index (κ3) is 4.47. The molecule has 0 spiro atoms. The number of aryl methyl sites for hydroxylation is 1. The van der Waals surface area contributed by atoms with Gasteiger partial charge in [0, 0.05) is 22.0 Å². The lowest BCUT2D eigenvalue weighted by atomic mass is 10.2. The number of benzene rings is 1. The van der Waals surface area contributed by atoms with Crippen molar-refractivity contribution in [1.82, 2.24) is 19.7 Å². The second kappa shape index (κ2) is 8.11. The van der Waals surface area contributed by atoms with Crippen LogP contribution < -0.4 is 5.32 Å². The molecule has 0 aliphatic carbocycles. The smallest absolute Gasteiger partial charge is 0.236 e. The van der Waals surface area contributed by atoms with Gasteiger partial charge in [-0.2, -0.15) is 0 Å². The van der Waals surface area contributed by atoms with Crippen molar-refractivity contribution in [3.63, 3.8) is 0 Å². The molecule has 1 N–H and O–H groups in total. The molecule has 6 nitrogen and oxygen atoms in total. The lowest BCUT2D eigenvalue weighted by Crippen LogP contribution is -2.14. The van der Waals surface area contributed by atoms with E-state index in [9.17, 15) is 4.79 Å². The van der Waals surface area contributed by atoms with Crippen LogP contribution in [0.15, 0.2) is 39.3 Å². The number of rotatable bonds is 6. The topological polar surface area (TPSA) is 72.7 Å². The minimum absolute atomic E-state index is 0.106. The fraction of sp³-hybridized carbons (Fsp3) is 0.250. The van der Waals surface area contributed by atoms with Gasteiger partial charge >= 0.3 is 0 Å². The molecule has 25 heavy (non-hydrogen) atoms. The Kier molecular flexibility index (Phi) is 5.87. The van der Waals surface area contributed by atoms with E-state index in [2.05, 4.69) is 36.4 Å². The maximum Gasteiger partial charge on any atom is 0.236 e. The Morgan fingerprint density at radius 1 is 1.32 bits per heavy atom. The van der Waals surface area contributed by atoms with Crippen molar-refractivity contribution >= 4 is 50.1 Å². The minimum Gasteiger partial charge on any atom is -0.307 e. The van der Waals surface area contributed by atoms with Gasteiger partial charge in [0.15, 0.2) is 10.3 Å². The number of thiazole rings is 1. The highest BCUT2D eigenvalue weighted by Gasteiger charge is 2.12. The molecule has 0 bridgehead atoms. The summed E-state index contributed by atoms with van der Waals surface area (Å²) in [5.41, 5.74) is 1.86. The number of hydrogen-bond acceptors (Lipinski definition) is 6. The Morgan fingerprint density at radius 3 is 2.80 bits per heavy atom. The fourth-order valence-electron chi connectivity index (χ4n) is 2.20. The van der Waals surface area contributed by atoms with Crippen molar-refractivity contribution in [1.29, 1.82) is 0 Å². The summed E-state index contributed by atoms with van der Waals surface area (Å²) in [7, 11) is 0. The van der Waals surface area contributed by atoms with Gasteiger partial charge in [-0.3, -0.25) is 4.79 Å². The molecule has 0 saturated heterocycles. The third-order valence-electron chi connectivity index (χ3n) is 3.44. The van der Waals surface area contributed by atoms with Crippen LogP contribution in [0.2, 0.25) is 0 Å². The lowest BCUT2D eigenvalue weighted by Gasteiger charge is -2.04. The maximum absolute atomic E-state index is 12.2. The molecule has 0 atom stereocenters. The average Bonchev–Trinajstić information content (AvgIpc) is 3.20. The predicted molar refractivity (Wildman–Crippen MR) is 105 cm³/mol. The van der Waals surface area contributed by atoms with E-state index in [0.717, 1.165) is 33.3 Å². The molecular formula is C16H16BrN5OS2. The molecule has 3 aromatic rings. The molecular weight excluding hydrogens is 422 g/mol. The molecule has 2 aromatic heterocycles. The highest BCUT2D eigenvalue weighted by molar-refractivity contribution is 9.10. The first-order chi connectivity index (χ1) is 12.1. The Balaban J connectivity index is 1.59. The van der Waals surface area contributed by atoms with Crippen LogP contribution >= 0.6 is 39.0 Å². The summed E-state index contributed by atoms with van der Waals surface area (Å²) in [5, 5.41) is 14.3. The van der Waals surface area contributed by atoms with Gasteiger partial charge in [0.05, 0.1) is 11.4 Å². The van der Waals surface area contributed by atoms with E-state index >= 15 is 0 Å². The second-order valence-corrected chi connectivity index (χ2v) is 7.87. The first kappa shape index (κ1) is 18.1. The van der Waals surface area contributed by atoms with E-state index in [4.69, 9.17) is 0 Å². The molecule has 0 radical (unpaired) electrons. The second-order valence-electron chi connectivity index (χ2n) is 5.16. The Hall–Kier alpha value is -1.71. The van der Waals surface area contributed by atoms with Crippen LogP contribution in [0.5, 0.6) is 0 Å². The van der Waals surface area contributed by atoms with E-state index in [1.165, 1.54) is 23.1 Å². The van der Waals surface area contributed by atoms with E-state index < -0.39 is 0 Å². The van der Waals surface area contributed by atoms with Crippen LogP contribution in [0, 0.1) is 6.92 Å². The average molecular weight is 438 g/mol. The summed E-state index contributed by atoms with van der Waals surface area (Å²) in [5.74, 6) is 1.01. The molecule has 0 saturated carbocycles. The number of thioether (sulfide) groups is 1. The highest BCUT2D eigenvalue weighted by atomic mass is 79.9. The number of nitrogens with one attached hydrogen (secondary N) is 1. The number of halogens is 1. The summed E-state index contributed by atoms with van der Waals surface area (Å²) in [4.78, 5) is 16.6. The fourth-order valence-corrected chi connectivity index (χ4v) is 4.05. The van der Waals surface area contributed by atoms with E-state index in [-0.39, 0.29) is 11.7 Å². The molecule has 0 aliphatic heterocycles. The molecule has 130 valence electrons. The first-order valence-electron chi connectivity index (χ1n) is 7.60. The molecule has 0 unspecified atom stereocenters. The standard InChI is InChI=1S/C16H16BrN5OS2/c1-3-22-10(2)20-21-16(22)25-9-14(23)19-15-18-13(8-24-15)11-4-6-12(17)7-5-11/h4-8H,3,9H2,1-2H3,(H,18,19,23). The van der Waals surface area contributed by atoms with Gasteiger partial charge in [0.2, 0.25) is 5.91 Å². The monoisotopic (exact) mass is 437 g/mol. The predicted octanol–water partition coefficient (Wildman–Crippen LogP) is 4.22. The van der Waals surface area contributed by atoms with Crippen LogP contribution in [0.4, 0.5) is 5.13 Å². The maximum atomic E-state index is 12.2. The van der Waals surface area contributed by atoms with Crippen LogP contribution in [-0.2, 0) is 11.3 Å². The molecule has 0 fully saturated rings. The normalized spacial score (nSPS) is 10.8. The number of amides is 1. The van der Waals surface area contributed by atoms with E-state index in [0.29, 0.717) is 5.13 Å². The quantitative estimate of drug-likeness (QED) is 0.584. The van der Waals surface area contributed by atoms with Crippen molar-refractivity contribution in [2.45, 2.75) is 25.5 Å². The van der Waals surface area contributed by atoms with Crippen molar-refractivity contribution in [3.05, 3.63) is 39.9 Å². The minimum atomic E-state index is -0.106. The molecule has 3 rings (SSSR count). The van der Waals surface area contributed by atoms with Gasteiger partial charge in [0.25, 0.3) is 0 Å². The molecule has 1 amide bonds. The number of anilines is 1. The van der Waals surface area contributed by atoms with Gasteiger partial charge < -0.3 is 9.88 Å². The van der Waals surface area contributed by atoms with Crippen LogP contribution in [0.25, 0.3) is 11.3 Å². The zero-order valence-corrected chi connectivity index (χ0v) is 16.9. The van der Waals surface area contributed by atoms with E-state index in [1.54, 1.807) is 0 Å². The Morgan fingerprint density at radius 2 is 2.08 bits per heavy atom. The molecule has 1 aromatic carbocycles. The number of hydrogen-bond donors (Lipinski definition) is 1. The van der Waals surface area contributed by atoms with Crippen LogP contribution in [0.3, 0.4) is 0 Å². The number of aromatic nitrogens is 4. The zero-order chi connectivity index (χ0) is 17.8. The summed E-state index contributed by atoms with van der Waals surface area (Å²) < 4.78 is 3.00. The van der Waals surface area contributed by atoms with Gasteiger partial charge in [-0.1, -0.05) is 39.8 Å². The van der Waals surface area contributed by atoms with Crippen molar-refractivity contribution in [3.8, 4) is 11.3 Å². The van der Waals surface area contributed by atoms with Crippen molar-refractivity contribution < 1.29 is 4.79 Å². The third-order valence-corrected chi connectivity index (χ3v) is 5.69. The van der Waals surface area contributed by atoms with Gasteiger partial charge in [0.1, 0.15) is 5.82 Å². The SMILES string of the molecule is CCn1c(C)nnc1SCC(=O)Nc1nc(-c2ccc(Br)cc2)cs1. The Labute approximate surface area is 162 Å². The summed E-state index contributed by atoms with van der Waals surface area (Å²) in [6, 6.07) is 7.91. The summed E-state index contributed by atoms with van der Waals surface area (Å²) in [6.07, 6.45) is 0. The number of carbonyl (C=O) groups excluding carboxylic acids is 1. The number of nitrogens with zero attached hydrogens (tertiary/aromatic N) is 4. The molecule has 9 heteroatoms. The van der Waals surface area contributed by atoms with Crippen LogP contribution in [-0.4, -0.2) is 31.4 Å². The lowest BCUT2D eigenvalue weighted by molar-refractivity contribution is -0.113. The largest absolute Gasteiger partial charge is 0.307 e. The zero-order valence-electron chi connectivity index (χ0n) is 13.7. The molecule has 0 aliphatic rings. The summed E-state index contributed by atoms with van der Waals surface area (Å²) >= 11 is 6.20. The first-order valence-corrected chi connectivity index (χ1v) is 10.3. The molecule has 2 heterocycles. The number of carbonyl (C=O) groups is 1. The van der Waals surface area contributed by atoms with Crippen molar-refractivity contribution in [2.75, 3.05) is 11.1 Å².